The molecule has 1 amide bonds. The normalized spacial score (nSPS) is 17.5. The van der Waals surface area contributed by atoms with Crippen molar-refractivity contribution in [3.8, 4) is 11.3 Å². The Morgan fingerprint density at radius 1 is 1.24 bits per heavy atom. The van der Waals surface area contributed by atoms with Crippen molar-refractivity contribution in [2.75, 3.05) is 11.9 Å². The largest absolute Gasteiger partial charge is 0.338 e. The fraction of sp³-hybridized carbons (Fsp3) is 0.222. The summed E-state index contributed by atoms with van der Waals surface area (Å²) in [5, 5.41) is 7.69. The van der Waals surface area contributed by atoms with Crippen LogP contribution in [0.1, 0.15) is 12.8 Å². The van der Waals surface area contributed by atoms with Crippen molar-refractivity contribution in [1.82, 2.24) is 9.46 Å². The third-order valence-corrected chi connectivity index (χ3v) is 7.82. The van der Waals surface area contributed by atoms with E-state index in [1.54, 1.807) is 11.4 Å². The number of aromatic nitrogens is 1. The van der Waals surface area contributed by atoms with E-state index in [0.717, 1.165) is 27.8 Å². The Hall–Kier alpha value is -2.63. The number of amides is 1. The number of hydrogen-bond acceptors (Lipinski definition) is 6. The van der Waals surface area contributed by atoms with Crippen LogP contribution in [-0.2, 0) is 14.8 Å². The van der Waals surface area contributed by atoms with E-state index in [2.05, 4.69) is 10.5 Å². The summed E-state index contributed by atoms with van der Waals surface area (Å²) in [6, 6.07) is 6.76. The Balaban J connectivity index is 1.53. The lowest BCUT2D eigenvalue weighted by atomic mass is 10.1. The molecule has 0 spiro atoms. The summed E-state index contributed by atoms with van der Waals surface area (Å²) < 4.78 is 59.6. The molecule has 0 radical (unpaired) electrons. The van der Waals surface area contributed by atoms with Gasteiger partial charge >= 0.3 is 0 Å². The molecule has 1 aliphatic rings. The van der Waals surface area contributed by atoms with Crippen molar-refractivity contribution in [1.29, 1.82) is 0 Å². The summed E-state index contributed by atoms with van der Waals surface area (Å²) in [6.07, 6.45) is 0.879. The lowest BCUT2D eigenvalue weighted by molar-refractivity contribution is -0.119. The monoisotopic (exact) mass is 439 g/mol. The van der Waals surface area contributed by atoms with Crippen LogP contribution in [0.2, 0.25) is 0 Å². The molecule has 3 aromatic rings. The van der Waals surface area contributed by atoms with Gasteiger partial charge in [-0.05, 0) is 36.4 Å². The van der Waals surface area contributed by atoms with Crippen LogP contribution in [0.3, 0.4) is 0 Å². The van der Waals surface area contributed by atoms with Crippen molar-refractivity contribution >= 4 is 33.2 Å². The van der Waals surface area contributed by atoms with Crippen LogP contribution in [0.4, 0.5) is 14.7 Å². The van der Waals surface area contributed by atoms with Gasteiger partial charge in [0.05, 0.1) is 5.56 Å². The number of carbonyl (C=O) groups excluding carboxylic acids is 1. The molecule has 11 heteroatoms. The Morgan fingerprint density at radius 3 is 2.69 bits per heavy atom. The lowest BCUT2D eigenvalue weighted by Gasteiger charge is -2.22. The highest BCUT2D eigenvalue weighted by Gasteiger charge is 2.40. The van der Waals surface area contributed by atoms with Crippen LogP contribution in [-0.4, -0.2) is 36.4 Å². The molecule has 29 heavy (non-hydrogen) atoms. The number of halogens is 2. The van der Waals surface area contributed by atoms with Crippen molar-refractivity contribution in [3.05, 3.63) is 53.4 Å². The standard InChI is InChI=1S/C18H15F2N3O4S2/c19-11-4-1-5-12(20)17(11)13-10-15(27-22-13)21-18(24)14-6-2-8-23(14)29(25,26)16-7-3-9-28-16/h1,3-5,7,9-10,14H,2,6,8H2,(H,21,24). The van der Waals surface area contributed by atoms with E-state index in [1.165, 1.54) is 18.2 Å². The highest BCUT2D eigenvalue weighted by molar-refractivity contribution is 7.91. The molecule has 1 fully saturated rings. The number of anilines is 1. The van der Waals surface area contributed by atoms with E-state index in [0.29, 0.717) is 12.8 Å². The van der Waals surface area contributed by atoms with Crippen LogP contribution in [0.15, 0.2) is 50.5 Å². The summed E-state index contributed by atoms with van der Waals surface area (Å²) in [6.45, 7) is 0.223. The van der Waals surface area contributed by atoms with Crippen LogP contribution >= 0.6 is 11.3 Å². The summed E-state index contributed by atoms with van der Waals surface area (Å²) in [7, 11) is -3.79. The number of sulfonamides is 1. The van der Waals surface area contributed by atoms with E-state index >= 15 is 0 Å². The highest BCUT2D eigenvalue weighted by atomic mass is 32.2. The molecule has 152 valence electrons. The molecule has 7 nitrogen and oxygen atoms in total. The number of carbonyl (C=O) groups is 1. The molecule has 4 rings (SSSR count). The number of nitrogens with one attached hydrogen (secondary N) is 1. The first-order valence-corrected chi connectivity index (χ1v) is 11.0. The molecular weight excluding hydrogens is 424 g/mol. The van der Waals surface area contributed by atoms with Gasteiger partial charge in [0.25, 0.3) is 10.0 Å². The second-order valence-electron chi connectivity index (χ2n) is 6.37. The van der Waals surface area contributed by atoms with Crippen LogP contribution < -0.4 is 5.32 Å². The lowest BCUT2D eigenvalue weighted by Crippen LogP contribution is -2.42. The van der Waals surface area contributed by atoms with Gasteiger partial charge in [0, 0.05) is 12.6 Å². The van der Waals surface area contributed by atoms with Crippen molar-refractivity contribution in [2.45, 2.75) is 23.1 Å². The first-order valence-electron chi connectivity index (χ1n) is 8.65. The maximum atomic E-state index is 13.9. The van der Waals surface area contributed by atoms with Crippen LogP contribution in [0.5, 0.6) is 0 Å². The zero-order valence-corrected chi connectivity index (χ0v) is 16.5. The average Bonchev–Trinajstić information content (AvgIpc) is 3.43. The third kappa shape index (κ3) is 3.68. The van der Waals surface area contributed by atoms with Crippen molar-refractivity contribution in [2.24, 2.45) is 0 Å². The molecule has 1 atom stereocenters. The molecular formula is C18H15F2N3O4S2. The first-order chi connectivity index (χ1) is 13.9. The predicted octanol–water partition coefficient (Wildman–Crippen LogP) is 3.47. The van der Waals surface area contributed by atoms with Gasteiger partial charge in [-0.3, -0.25) is 10.1 Å². The summed E-state index contributed by atoms with van der Waals surface area (Å²) in [4.78, 5) is 12.7. The molecule has 0 aliphatic carbocycles. The summed E-state index contributed by atoms with van der Waals surface area (Å²) >= 11 is 1.08. The van der Waals surface area contributed by atoms with E-state index in [9.17, 15) is 22.0 Å². The van der Waals surface area contributed by atoms with E-state index in [1.807, 2.05) is 0 Å². The molecule has 0 saturated carbocycles. The zero-order valence-electron chi connectivity index (χ0n) is 14.8. The van der Waals surface area contributed by atoms with Crippen LogP contribution in [0.25, 0.3) is 11.3 Å². The SMILES string of the molecule is O=C(Nc1cc(-c2c(F)cccc2F)no1)C1CCCN1S(=O)(=O)c1cccs1. The molecule has 1 saturated heterocycles. The number of thiophene rings is 1. The fourth-order valence-corrected chi connectivity index (χ4v) is 5.99. The average molecular weight is 439 g/mol. The predicted molar refractivity (Wildman–Crippen MR) is 102 cm³/mol. The minimum absolute atomic E-state index is 0.120. The fourth-order valence-electron chi connectivity index (χ4n) is 3.21. The minimum Gasteiger partial charge on any atom is -0.338 e. The van der Waals surface area contributed by atoms with E-state index < -0.39 is 33.6 Å². The van der Waals surface area contributed by atoms with Gasteiger partial charge < -0.3 is 4.52 Å². The topological polar surface area (TPSA) is 92.5 Å². The van der Waals surface area contributed by atoms with E-state index in [4.69, 9.17) is 4.52 Å². The van der Waals surface area contributed by atoms with Gasteiger partial charge in [0.1, 0.15) is 27.6 Å². The maximum Gasteiger partial charge on any atom is 0.253 e. The van der Waals surface area contributed by atoms with Gasteiger partial charge in [-0.2, -0.15) is 4.31 Å². The molecule has 2 aromatic heterocycles. The third-order valence-electron chi connectivity index (χ3n) is 4.54. The molecule has 3 heterocycles. The van der Waals surface area contributed by atoms with Crippen LogP contribution in [0, 0.1) is 11.6 Å². The number of hydrogen-bond donors (Lipinski definition) is 1. The molecule has 1 unspecified atom stereocenters. The number of nitrogens with zero attached hydrogens (tertiary/aromatic N) is 2. The minimum atomic E-state index is -3.79. The maximum absolute atomic E-state index is 13.9. The Bertz CT molecular complexity index is 1130. The van der Waals surface area contributed by atoms with Gasteiger partial charge in [-0.1, -0.05) is 17.3 Å². The molecule has 1 N–H and O–H groups in total. The summed E-state index contributed by atoms with van der Waals surface area (Å²) in [5.74, 6) is -2.37. The molecule has 1 aromatic carbocycles. The Kier molecular flexibility index (Phi) is 5.19. The van der Waals surface area contributed by atoms with Gasteiger partial charge in [0.2, 0.25) is 11.8 Å². The second kappa shape index (κ2) is 7.65. The van der Waals surface area contributed by atoms with Gasteiger partial charge in [-0.15, -0.1) is 11.3 Å². The smallest absolute Gasteiger partial charge is 0.253 e. The van der Waals surface area contributed by atoms with Crippen molar-refractivity contribution in [3.63, 3.8) is 0 Å². The first kappa shape index (κ1) is 19.7. The van der Waals surface area contributed by atoms with Gasteiger partial charge in [0.15, 0.2) is 0 Å². The number of benzene rings is 1. The second-order valence-corrected chi connectivity index (χ2v) is 9.43. The summed E-state index contributed by atoms with van der Waals surface area (Å²) in [5.41, 5.74) is -0.495. The quantitative estimate of drug-likeness (QED) is 0.657. The molecule has 1 aliphatic heterocycles. The highest BCUT2D eigenvalue weighted by Crippen LogP contribution is 2.30. The molecule has 0 bridgehead atoms. The Labute approximate surface area is 169 Å². The Morgan fingerprint density at radius 2 is 2.00 bits per heavy atom. The zero-order chi connectivity index (χ0) is 20.6. The van der Waals surface area contributed by atoms with Crippen molar-refractivity contribution < 1.29 is 26.5 Å². The van der Waals surface area contributed by atoms with Gasteiger partial charge in [-0.25, -0.2) is 17.2 Å². The number of rotatable bonds is 5. The van der Waals surface area contributed by atoms with E-state index in [-0.39, 0.29) is 27.9 Å².